The molecule has 2 aromatic heterocycles. The molecule has 38 heavy (non-hydrogen) atoms. The molecule has 3 N–H and O–H groups in total. The minimum Gasteiger partial charge on any atom is -0.497 e. The van der Waals surface area contributed by atoms with Crippen molar-refractivity contribution in [3.05, 3.63) is 71.9 Å². The maximum Gasteiger partial charge on any atom is 0.243 e. The minimum absolute atomic E-state index is 0.311. The Morgan fingerprint density at radius 3 is 2.63 bits per heavy atom. The maximum atomic E-state index is 11.1. The highest BCUT2D eigenvalue weighted by Gasteiger charge is 2.12. The van der Waals surface area contributed by atoms with Crippen molar-refractivity contribution in [1.82, 2.24) is 25.5 Å². The van der Waals surface area contributed by atoms with Crippen LogP contribution in [0.1, 0.15) is 25.7 Å². The van der Waals surface area contributed by atoms with E-state index in [9.17, 15) is 4.79 Å². The standard InChI is InChI=1S/C28H27ClN6O3/c1-38-21-11-13-24-23(16-21)28(22-12-8-19(29)15-25(22)31-24)30-20-9-6-18(7-10-20)26-17-35(34-32-26)14-4-2-3-5-27(36)33-37/h6-13,15-17,37H,2-5,14H2,1H3,(H,30,31)(H,33,36). The van der Waals surface area contributed by atoms with Crippen molar-refractivity contribution in [3.8, 4) is 17.0 Å². The molecule has 5 rings (SSSR count). The number of methoxy groups -OCH3 is 1. The van der Waals surface area contributed by atoms with Gasteiger partial charge in [-0.3, -0.25) is 14.7 Å². The number of aryl methyl sites for hydroxylation is 1. The number of pyridine rings is 1. The Kier molecular flexibility index (Phi) is 7.67. The first-order valence-electron chi connectivity index (χ1n) is 12.3. The first kappa shape index (κ1) is 25.4. The van der Waals surface area contributed by atoms with E-state index in [0.29, 0.717) is 24.4 Å². The third kappa shape index (κ3) is 5.69. The second-order valence-corrected chi connectivity index (χ2v) is 9.38. The van der Waals surface area contributed by atoms with Crippen molar-refractivity contribution >= 4 is 50.7 Å². The van der Waals surface area contributed by atoms with Gasteiger partial charge in [0.2, 0.25) is 5.91 Å². The molecule has 0 unspecified atom stereocenters. The zero-order valence-corrected chi connectivity index (χ0v) is 21.6. The van der Waals surface area contributed by atoms with E-state index >= 15 is 0 Å². The fourth-order valence-corrected chi connectivity index (χ4v) is 4.53. The molecular formula is C28H27ClN6O3. The number of hydroxylamine groups is 1. The largest absolute Gasteiger partial charge is 0.497 e. The Morgan fingerprint density at radius 2 is 1.84 bits per heavy atom. The third-order valence-corrected chi connectivity index (χ3v) is 6.58. The van der Waals surface area contributed by atoms with Gasteiger partial charge in [-0.25, -0.2) is 10.5 Å². The number of ether oxygens (including phenoxy) is 1. The van der Waals surface area contributed by atoms with Gasteiger partial charge in [0.25, 0.3) is 0 Å². The number of halogens is 1. The van der Waals surface area contributed by atoms with Gasteiger partial charge in [0, 0.05) is 40.0 Å². The van der Waals surface area contributed by atoms with Crippen LogP contribution in [0.25, 0.3) is 33.1 Å². The molecule has 2 heterocycles. The van der Waals surface area contributed by atoms with Gasteiger partial charge < -0.3 is 10.1 Å². The quantitative estimate of drug-likeness (QED) is 0.0862. The number of aromatic nitrogens is 4. The summed E-state index contributed by atoms with van der Waals surface area (Å²) in [7, 11) is 1.65. The molecule has 0 radical (unpaired) electrons. The molecule has 0 atom stereocenters. The van der Waals surface area contributed by atoms with Crippen LogP contribution in [-0.2, 0) is 11.3 Å². The predicted octanol–water partition coefficient (Wildman–Crippen LogP) is 6.12. The second kappa shape index (κ2) is 11.5. The van der Waals surface area contributed by atoms with Crippen LogP contribution >= 0.6 is 11.6 Å². The number of carbonyl (C=O) groups excluding carboxylic acids is 1. The van der Waals surface area contributed by atoms with E-state index in [0.717, 1.165) is 63.0 Å². The van der Waals surface area contributed by atoms with Crippen molar-refractivity contribution in [1.29, 1.82) is 0 Å². The number of anilines is 2. The molecule has 1 amide bonds. The molecule has 9 nitrogen and oxygen atoms in total. The summed E-state index contributed by atoms with van der Waals surface area (Å²) >= 11 is 6.25. The highest BCUT2D eigenvalue weighted by atomic mass is 35.5. The van der Waals surface area contributed by atoms with Crippen molar-refractivity contribution < 1.29 is 14.7 Å². The molecule has 0 fully saturated rings. The molecule has 0 saturated carbocycles. The number of hydrogen-bond acceptors (Lipinski definition) is 7. The molecule has 0 aliphatic carbocycles. The Bertz CT molecular complexity index is 1590. The number of unbranched alkanes of at least 4 members (excludes halogenated alkanes) is 2. The van der Waals surface area contributed by atoms with Crippen LogP contribution in [0.5, 0.6) is 5.75 Å². The van der Waals surface area contributed by atoms with Crippen LogP contribution in [0, 0.1) is 0 Å². The van der Waals surface area contributed by atoms with E-state index in [1.54, 1.807) is 17.3 Å². The van der Waals surface area contributed by atoms with Crippen LogP contribution < -0.4 is 15.5 Å². The molecule has 10 heteroatoms. The second-order valence-electron chi connectivity index (χ2n) is 8.95. The molecular weight excluding hydrogens is 504 g/mol. The van der Waals surface area contributed by atoms with Crippen LogP contribution in [0.15, 0.2) is 66.9 Å². The fraction of sp³-hybridized carbons (Fsp3) is 0.214. The van der Waals surface area contributed by atoms with Gasteiger partial charge >= 0.3 is 0 Å². The van der Waals surface area contributed by atoms with Crippen molar-refractivity contribution in [2.24, 2.45) is 0 Å². The fourth-order valence-electron chi connectivity index (χ4n) is 4.36. The van der Waals surface area contributed by atoms with Gasteiger partial charge in [0.1, 0.15) is 11.4 Å². The molecule has 0 saturated heterocycles. The highest BCUT2D eigenvalue weighted by molar-refractivity contribution is 6.31. The number of carbonyl (C=O) groups is 1. The Balaban J connectivity index is 1.33. The summed E-state index contributed by atoms with van der Waals surface area (Å²) in [5.74, 6) is 0.394. The first-order valence-corrected chi connectivity index (χ1v) is 12.7. The van der Waals surface area contributed by atoms with Crippen molar-refractivity contribution in [2.45, 2.75) is 32.2 Å². The number of fused-ring (bicyclic) bond motifs is 2. The first-order chi connectivity index (χ1) is 18.5. The Morgan fingerprint density at radius 1 is 1.00 bits per heavy atom. The minimum atomic E-state index is -0.361. The number of rotatable bonds is 10. The summed E-state index contributed by atoms with van der Waals surface area (Å²) in [6.07, 6.45) is 4.67. The van der Waals surface area contributed by atoms with Gasteiger partial charge in [0.15, 0.2) is 0 Å². The Hall–Kier alpha value is -4.21. The zero-order valence-electron chi connectivity index (χ0n) is 20.8. The maximum absolute atomic E-state index is 11.1. The summed E-state index contributed by atoms with van der Waals surface area (Å²) in [4.78, 5) is 15.9. The van der Waals surface area contributed by atoms with Crippen LogP contribution in [0.4, 0.5) is 11.4 Å². The topological polar surface area (TPSA) is 114 Å². The lowest BCUT2D eigenvalue weighted by Gasteiger charge is -2.14. The van der Waals surface area contributed by atoms with E-state index < -0.39 is 0 Å². The lowest BCUT2D eigenvalue weighted by Crippen LogP contribution is -2.17. The molecule has 5 aromatic rings. The average Bonchev–Trinajstić information content (AvgIpc) is 3.41. The highest BCUT2D eigenvalue weighted by Crippen LogP contribution is 2.36. The number of nitrogens with one attached hydrogen (secondary N) is 2. The molecule has 194 valence electrons. The predicted molar refractivity (Wildman–Crippen MR) is 148 cm³/mol. The number of amides is 1. The van der Waals surface area contributed by atoms with Gasteiger partial charge in [-0.1, -0.05) is 35.4 Å². The summed E-state index contributed by atoms with van der Waals surface area (Å²) in [6, 6.07) is 19.5. The lowest BCUT2D eigenvalue weighted by atomic mass is 10.1. The molecule has 0 bridgehead atoms. The summed E-state index contributed by atoms with van der Waals surface area (Å²) in [5.41, 5.74) is 6.89. The van der Waals surface area contributed by atoms with E-state index in [-0.39, 0.29) is 5.91 Å². The van der Waals surface area contributed by atoms with Crippen LogP contribution in [0.3, 0.4) is 0 Å². The number of benzene rings is 3. The summed E-state index contributed by atoms with van der Waals surface area (Å²) < 4.78 is 7.27. The van der Waals surface area contributed by atoms with Crippen molar-refractivity contribution in [3.63, 3.8) is 0 Å². The molecule has 0 aliphatic heterocycles. The molecule has 0 spiro atoms. The molecule has 3 aromatic carbocycles. The van der Waals surface area contributed by atoms with E-state index in [1.165, 1.54) is 0 Å². The van der Waals surface area contributed by atoms with Gasteiger partial charge in [0.05, 0.1) is 30.0 Å². The normalized spacial score (nSPS) is 11.1. The van der Waals surface area contributed by atoms with Crippen LogP contribution in [-0.4, -0.2) is 38.2 Å². The van der Waals surface area contributed by atoms with E-state index in [1.807, 2.05) is 66.9 Å². The summed E-state index contributed by atoms with van der Waals surface area (Å²) in [6.45, 7) is 0.711. The van der Waals surface area contributed by atoms with Crippen LogP contribution in [0.2, 0.25) is 5.02 Å². The Labute approximate surface area is 224 Å². The SMILES string of the molecule is COc1ccc2nc3cc(Cl)ccc3c(Nc3ccc(-c4cn(CCCCCC(=O)NO)nn4)cc3)c2c1. The van der Waals surface area contributed by atoms with Crippen molar-refractivity contribution in [2.75, 3.05) is 12.4 Å². The summed E-state index contributed by atoms with van der Waals surface area (Å²) in [5, 5.41) is 23.2. The van der Waals surface area contributed by atoms with Gasteiger partial charge in [-0.05, 0) is 61.4 Å². The third-order valence-electron chi connectivity index (χ3n) is 6.35. The van der Waals surface area contributed by atoms with Gasteiger partial charge in [-0.15, -0.1) is 5.10 Å². The monoisotopic (exact) mass is 530 g/mol. The van der Waals surface area contributed by atoms with E-state index in [4.69, 9.17) is 26.5 Å². The number of hydrogen-bond donors (Lipinski definition) is 3. The molecule has 0 aliphatic rings. The average molecular weight is 531 g/mol. The van der Waals surface area contributed by atoms with E-state index in [2.05, 4.69) is 15.6 Å². The smallest absolute Gasteiger partial charge is 0.243 e. The lowest BCUT2D eigenvalue weighted by molar-refractivity contribution is -0.129. The zero-order chi connectivity index (χ0) is 26.5. The number of nitrogens with zero attached hydrogens (tertiary/aromatic N) is 4. The van der Waals surface area contributed by atoms with Gasteiger partial charge in [-0.2, -0.15) is 0 Å².